The summed E-state index contributed by atoms with van der Waals surface area (Å²) in [5.74, 6) is -0.644. The highest BCUT2D eigenvalue weighted by Crippen LogP contribution is 2.31. The molecule has 0 bridgehead atoms. The Labute approximate surface area is 108 Å². The Balaban J connectivity index is 2.39. The average molecular weight is 273 g/mol. The van der Waals surface area contributed by atoms with Gasteiger partial charge in [0.25, 0.3) is 0 Å². The second-order valence-corrected chi connectivity index (χ2v) is 4.63. The molecule has 1 saturated heterocycles. The molecule has 6 heteroatoms. The van der Waals surface area contributed by atoms with Crippen molar-refractivity contribution in [1.29, 1.82) is 0 Å². The minimum Gasteiger partial charge on any atom is -0.368 e. The van der Waals surface area contributed by atoms with Crippen LogP contribution in [0.1, 0.15) is 12.8 Å². The zero-order chi connectivity index (χ0) is 12.6. The Morgan fingerprint density at radius 3 is 2.65 bits per heavy atom. The number of primary amides is 1. The Morgan fingerprint density at radius 2 is 2.06 bits per heavy atom. The van der Waals surface area contributed by atoms with Crippen LogP contribution in [0.2, 0.25) is 10.0 Å². The van der Waals surface area contributed by atoms with Gasteiger partial charge < -0.3 is 5.73 Å². The summed E-state index contributed by atoms with van der Waals surface area (Å²) < 4.78 is 0. The molecule has 0 aliphatic carbocycles. The van der Waals surface area contributed by atoms with E-state index in [0.717, 1.165) is 0 Å². The van der Waals surface area contributed by atoms with Gasteiger partial charge in [0, 0.05) is 12.1 Å². The Kier molecular flexibility index (Phi) is 3.26. The van der Waals surface area contributed by atoms with Crippen molar-refractivity contribution in [3.63, 3.8) is 0 Å². The smallest absolute Gasteiger partial charge is 0.240 e. The van der Waals surface area contributed by atoms with Gasteiger partial charge in [0.1, 0.15) is 6.04 Å². The molecule has 1 aliphatic rings. The molecule has 0 saturated carbocycles. The van der Waals surface area contributed by atoms with E-state index in [2.05, 4.69) is 0 Å². The Hall–Kier alpha value is -1.26. The summed E-state index contributed by atoms with van der Waals surface area (Å²) in [5.41, 5.74) is 5.81. The molecule has 1 aromatic rings. The van der Waals surface area contributed by atoms with E-state index in [1.165, 1.54) is 4.90 Å². The summed E-state index contributed by atoms with van der Waals surface area (Å²) >= 11 is 11.7. The van der Waals surface area contributed by atoms with Crippen molar-refractivity contribution < 1.29 is 9.59 Å². The maximum absolute atomic E-state index is 11.7. The number of rotatable bonds is 2. The standard InChI is InChI=1S/C11H10Cl2N2O2/c12-7-2-1-6(5-8(7)13)15-9(11(14)17)3-4-10(15)16/h1-2,5,9H,3-4H2,(H2,14,17). The highest BCUT2D eigenvalue weighted by atomic mass is 35.5. The molecule has 17 heavy (non-hydrogen) atoms. The Bertz CT molecular complexity index is 490. The highest BCUT2D eigenvalue weighted by Gasteiger charge is 2.35. The number of benzene rings is 1. The first-order valence-electron chi connectivity index (χ1n) is 5.07. The molecule has 0 radical (unpaired) electrons. The van der Waals surface area contributed by atoms with E-state index in [0.29, 0.717) is 28.6 Å². The first-order valence-corrected chi connectivity index (χ1v) is 5.82. The summed E-state index contributed by atoms with van der Waals surface area (Å²) in [6.07, 6.45) is 0.752. The fourth-order valence-electron chi connectivity index (χ4n) is 1.91. The zero-order valence-corrected chi connectivity index (χ0v) is 10.3. The third-order valence-corrected chi connectivity index (χ3v) is 3.46. The van der Waals surface area contributed by atoms with Crippen LogP contribution in [0.25, 0.3) is 0 Å². The first-order chi connectivity index (χ1) is 8.00. The molecule has 0 spiro atoms. The van der Waals surface area contributed by atoms with E-state index in [9.17, 15) is 9.59 Å². The van der Waals surface area contributed by atoms with Crippen molar-refractivity contribution in [2.24, 2.45) is 5.73 Å². The van der Waals surface area contributed by atoms with Crippen molar-refractivity contribution in [3.8, 4) is 0 Å². The lowest BCUT2D eigenvalue weighted by molar-refractivity contribution is -0.121. The second-order valence-electron chi connectivity index (χ2n) is 3.82. The van der Waals surface area contributed by atoms with Gasteiger partial charge in [-0.25, -0.2) is 0 Å². The summed E-state index contributed by atoms with van der Waals surface area (Å²) in [6.45, 7) is 0. The van der Waals surface area contributed by atoms with Gasteiger partial charge >= 0.3 is 0 Å². The third kappa shape index (κ3) is 2.23. The number of hydrogen-bond acceptors (Lipinski definition) is 2. The summed E-state index contributed by atoms with van der Waals surface area (Å²) in [6, 6.07) is 4.19. The largest absolute Gasteiger partial charge is 0.368 e. The molecule has 90 valence electrons. The SMILES string of the molecule is NC(=O)C1CCC(=O)N1c1ccc(Cl)c(Cl)c1. The maximum Gasteiger partial charge on any atom is 0.240 e. The van der Waals surface area contributed by atoms with Gasteiger partial charge in [-0.3, -0.25) is 14.5 Å². The lowest BCUT2D eigenvalue weighted by Gasteiger charge is -2.22. The molecule has 2 rings (SSSR count). The zero-order valence-electron chi connectivity index (χ0n) is 8.82. The van der Waals surface area contributed by atoms with E-state index >= 15 is 0 Å². The van der Waals surface area contributed by atoms with Crippen LogP contribution in [-0.4, -0.2) is 17.9 Å². The summed E-state index contributed by atoms with van der Waals surface area (Å²) in [5, 5.41) is 0.741. The molecule has 1 atom stereocenters. The molecule has 4 nitrogen and oxygen atoms in total. The number of nitrogens with zero attached hydrogens (tertiary/aromatic N) is 1. The Morgan fingerprint density at radius 1 is 1.35 bits per heavy atom. The van der Waals surface area contributed by atoms with Crippen LogP contribution in [0.15, 0.2) is 18.2 Å². The van der Waals surface area contributed by atoms with E-state index in [1.54, 1.807) is 18.2 Å². The number of anilines is 1. The molecule has 1 unspecified atom stereocenters. The van der Waals surface area contributed by atoms with Gasteiger partial charge in [-0.05, 0) is 24.6 Å². The number of carbonyl (C=O) groups is 2. The molecule has 2 N–H and O–H groups in total. The average Bonchev–Trinajstić information content (AvgIpc) is 2.64. The topological polar surface area (TPSA) is 63.4 Å². The predicted octanol–water partition coefficient (Wildman–Crippen LogP) is 1.97. The number of carbonyl (C=O) groups excluding carboxylic acids is 2. The number of hydrogen-bond donors (Lipinski definition) is 1. The first kappa shape index (κ1) is 12.2. The van der Waals surface area contributed by atoms with Crippen LogP contribution in [0, 0.1) is 0 Å². The molecule has 1 aromatic carbocycles. The lowest BCUT2D eigenvalue weighted by atomic mass is 10.2. The fraction of sp³-hybridized carbons (Fsp3) is 0.273. The third-order valence-electron chi connectivity index (χ3n) is 2.72. The molecule has 2 amide bonds. The van der Waals surface area contributed by atoms with Crippen LogP contribution in [0.5, 0.6) is 0 Å². The van der Waals surface area contributed by atoms with E-state index in [1.807, 2.05) is 0 Å². The summed E-state index contributed by atoms with van der Waals surface area (Å²) in [7, 11) is 0. The highest BCUT2D eigenvalue weighted by molar-refractivity contribution is 6.42. The molecule has 1 fully saturated rings. The fourth-order valence-corrected chi connectivity index (χ4v) is 2.20. The van der Waals surface area contributed by atoms with Crippen molar-refractivity contribution in [2.45, 2.75) is 18.9 Å². The minimum absolute atomic E-state index is 0.132. The van der Waals surface area contributed by atoms with Crippen LogP contribution >= 0.6 is 23.2 Å². The minimum atomic E-state index is -0.597. The number of halogens is 2. The number of amides is 2. The number of nitrogens with two attached hydrogens (primary N) is 1. The predicted molar refractivity (Wildman–Crippen MR) is 66.2 cm³/mol. The summed E-state index contributed by atoms with van der Waals surface area (Å²) in [4.78, 5) is 24.4. The quantitative estimate of drug-likeness (QED) is 0.895. The monoisotopic (exact) mass is 272 g/mol. The molecular formula is C11H10Cl2N2O2. The van der Waals surface area contributed by atoms with E-state index in [-0.39, 0.29) is 5.91 Å². The van der Waals surface area contributed by atoms with Gasteiger partial charge in [0.05, 0.1) is 10.0 Å². The second kappa shape index (κ2) is 4.55. The van der Waals surface area contributed by atoms with Crippen molar-refractivity contribution >= 4 is 40.7 Å². The van der Waals surface area contributed by atoms with Gasteiger partial charge in [-0.2, -0.15) is 0 Å². The van der Waals surface area contributed by atoms with Gasteiger partial charge in [0.15, 0.2) is 0 Å². The van der Waals surface area contributed by atoms with Crippen molar-refractivity contribution in [2.75, 3.05) is 4.90 Å². The van der Waals surface area contributed by atoms with Gasteiger partial charge in [-0.15, -0.1) is 0 Å². The van der Waals surface area contributed by atoms with Gasteiger partial charge in [-0.1, -0.05) is 23.2 Å². The van der Waals surface area contributed by atoms with Crippen LogP contribution in [0.4, 0.5) is 5.69 Å². The lowest BCUT2D eigenvalue weighted by Crippen LogP contribution is -2.42. The van der Waals surface area contributed by atoms with Crippen molar-refractivity contribution in [1.82, 2.24) is 0 Å². The normalized spacial score (nSPS) is 19.8. The van der Waals surface area contributed by atoms with E-state index in [4.69, 9.17) is 28.9 Å². The molecule has 0 aromatic heterocycles. The van der Waals surface area contributed by atoms with Gasteiger partial charge in [0.2, 0.25) is 11.8 Å². The molecule has 1 aliphatic heterocycles. The molecular weight excluding hydrogens is 263 g/mol. The van der Waals surface area contributed by atoms with Crippen LogP contribution in [-0.2, 0) is 9.59 Å². The van der Waals surface area contributed by atoms with Crippen molar-refractivity contribution in [3.05, 3.63) is 28.2 Å². The van der Waals surface area contributed by atoms with Crippen LogP contribution < -0.4 is 10.6 Å². The van der Waals surface area contributed by atoms with Crippen LogP contribution in [0.3, 0.4) is 0 Å². The van der Waals surface area contributed by atoms with E-state index < -0.39 is 11.9 Å². The maximum atomic E-state index is 11.7. The molecule has 1 heterocycles.